The number of nitrogens with two attached hydrogens (primary N) is 1. The Morgan fingerprint density at radius 2 is 2.10 bits per heavy atom. The van der Waals surface area contributed by atoms with E-state index in [-0.39, 0.29) is 15.1 Å². The number of nitrogen functional groups attached to an aromatic ring is 1. The summed E-state index contributed by atoms with van der Waals surface area (Å²) in [6, 6.07) is 0.982. The van der Waals surface area contributed by atoms with Crippen molar-refractivity contribution >= 4 is 37.5 Å². The summed E-state index contributed by atoms with van der Waals surface area (Å²) in [7, 11) is -4.03. The molecule has 0 fully saturated rings. The van der Waals surface area contributed by atoms with Crippen molar-refractivity contribution in [2.75, 3.05) is 12.3 Å². The number of anilines is 1. The van der Waals surface area contributed by atoms with Gasteiger partial charge in [0.15, 0.2) is 0 Å². The second-order valence-corrected chi connectivity index (χ2v) is 6.58. The highest BCUT2D eigenvalue weighted by Crippen LogP contribution is 2.26. The van der Waals surface area contributed by atoms with Crippen LogP contribution in [-0.2, 0) is 14.8 Å². The number of nitrogens with one attached hydrogen (secondary N) is 2. The molecule has 1 aromatic carbocycles. The Hall–Kier alpha value is -1.19. The number of carbonyl (C=O) groups excluding carboxylic acids is 1. The number of sulfonamides is 1. The minimum Gasteiger partial charge on any atom is -0.398 e. The molecule has 0 saturated heterocycles. The SMILES string of the molecule is CCNC(=O)C(C)NS(=O)(=O)c1cc(Br)c(F)cc1N. The average molecular weight is 368 g/mol. The van der Waals surface area contributed by atoms with Crippen LogP contribution < -0.4 is 15.8 Å². The molecule has 0 aliphatic rings. The van der Waals surface area contributed by atoms with Crippen molar-refractivity contribution in [2.24, 2.45) is 0 Å². The maximum absolute atomic E-state index is 13.2. The predicted octanol–water partition coefficient (Wildman–Crippen LogP) is 0.973. The number of likely N-dealkylation sites (N-methyl/N-ethyl adjacent to an activating group) is 1. The first-order chi connectivity index (χ1) is 9.19. The molecule has 20 heavy (non-hydrogen) atoms. The van der Waals surface area contributed by atoms with E-state index in [4.69, 9.17) is 5.73 Å². The molecule has 1 rings (SSSR count). The third kappa shape index (κ3) is 3.90. The van der Waals surface area contributed by atoms with Crippen LogP contribution in [-0.4, -0.2) is 26.9 Å². The zero-order valence-electron chi connectivity index (χ0n) is 10.9. The molecule has 4 N–H and O–H groups in total. The molecule has 1 aromatic rings. The normalized spacial score (nSPS) is 13.0. The highest BCUT2D eigenvalue weighted by molar-refractivity contribution is 9.10. The van der Waals surface area contributed by atoms with Gasteiger partial charge in [-0.3, -0.25) is 4.79 Å². The standard InChI is InChI=1S/C11H15BrFN3O3S/c1-3-15-11(17)6(2)16-20(18,19)10-4-7(12)8(13)5-9(10)14/h4-6,16H,3,14H2,1-2H3,(H,15,17). The Kier molecular flexibility index (Phi) is 5.49. The van der Waals surface area contributed by atoms with Gasteiger partial charge in [0.2, 0.25) is 15.9 Å². The van der Waals surface area contributed by atoms with E-state index in [0.717, 1.165) is 12.1 Å². The molecule has 112 valence electrons. The fourth-order valence-electron chi connectivity index (χ4n) is 1.45. The van der Waals surface area contributed by atoms with Gasteiger partial charge in [-0.2, -0.15) is 4.72 Å². The van der Waals surface area contributed by atoms with Crippen LogP contribution in [0.5, 0.6) is 0 Å². The number of carbonyl (C=O) groups is 1. The fraction of sp³-hybridized carbons (Fsp3) is 0.364. The number of benzene rings is 1. The van der Waals surface area contributed by atoms with Crippen LogP contribution in [0.3, 0.4) is 0 Å². The Morgan fingerprint density at radius 1 is 1.50 bits per heavy atom. The minimum absolute atomic E-state index is 0.0299. The van der Waals surface area contributed by atoms with Gasteiger partial charge in [-0.05, 0) is 41.9 Å². The maximum atomic E-state index is 13.2. The maximum Gasteiger partial charge on any atom is 0.243 e. The van der Waals surface area contributed by atoms with E-state index in [2.05, 4.69) is 26.0 Å². The molecule has 0 aliphatic heterocycles. The summed E-state index contributed by atoms with van der Waals surface area (Å²) in [4.78, 5) is 11.2. The van der Waals surface area contributed by atoms with Gasteiger partial charge >= 0.3 is 0 Å². The van der Waals surface area contributed by atoms with Crippen LogP contribution in [0.15, 0.2) is 21.5 Å². The molecular weight excluding hydrogens is 353 g/mol. The molecular formula is C11H15BrFN3O3S. The van der Waals surface area contributed by atoms with E-state index in [9.17, 15) is 17.6 Å². The lowest BCUT2D eigenvalue weighted by molar-refractivity contribution is -0.122. The van der Waals surface area contributed by atoms with Gasteiger partial charge in [-0.1, -0.05) is 0 Å². The summed E-state index contributed by atoms with van der Waals surface area (Å²) in [6.45, 7) is 3.50. The lowest BCUT2D eigenvalue weighted by Gasteiger charge is -2.15. The Balaban J connectivity index is 3.06. The largest absolute Gasteiger partial charge is 0.398 e. The molecule has 1 unspecified atom stereocenters. The first-order valence-electron chi connectivity index (χ1n) is 5.73. The summed E-state index contributed by atoms with van der Waals surface area (Å²) < 4.78 is 39.6. The van der Waals surface area contributed by atoms with Gasteiger partial charge in [-0.15, -0.1) is 0 Å². The first kappa shape index (κ1) is 16.9. The Morgan fingerprint density at radius 3 is 2.65 bits per heavy atom. The molecule has 6 nitrogen and oxygen atoms in total. The fourth-order valence-corrected chi connectivity index (χ4v) is 3.29. The van der Waals surface area contributed by atoms with E-state index in [1.807, 2.05) is 0 Å². The Labute approximate surface area is 125 Å². The van der Waals surface area contributed by atoms with Gasteiger partial charge in [0.05, 0.1) is 16.2 Å². The molecule has 0 aliphatic carbocycles. The molecule has 0 saturated carbocycles. The smallest absolute Gasteiger partial charge is 0.243 e. The Bertz CT molecular complexity index is 622. The average Bonchev–Trinajstić information content (AvgIpc) is 2.33. The van der Waals surface area contributed by atoms with Crippen LogP contribution in [0.4, 0.5) is 10.1 Å². The monoisotopic (exact) mass is 367 g/mol. The van der Waals surface area contributed by atoms with Gasteiger partial charge < -0.3 is 11.1 Å². The topological polar surface area (TPSA) is 101 Å². The quantitative estimate of drug-likeness (QED) is 0.675. The van der Waals surface area contributed by atoms with Crippen molar-refractivity contribution in [1.82, 2.24) is 10.0 Å². The number of hydrogen-bond donors (Lipinski definition) is 3. The van der Waals surface area contributed by atoms with E-state index >= 15 is 0 Å². The molecule has 0 bridgehead atoms. The molecule has 0 aromatic heterocycles. The highest BCUT2D eigenvalue weighted by Gasteiger charge is 2.24. The number of amides is 1. The number of rotatable bonds is 5. The molecule has 9 heteroatoms. The van der Waals surface area contributed by atoms with E-state index in [1.165, 1.54) is 6.92 Å². The third-order valence-electron chi connectivity index (χ3n) is 2.42. The van der Waals surface area contributed by atoms with Crippen LogP contribution in [0.2, 0.25) is 0 Å². The van der Waals surface area contributed by atoms with Crippen molar-refractivity contribution in [1.29, 1.82) is 0 Å². The number of hydrogen-bond acceptors (Lipinski definition) is 4. The molecule has 0 spiro atoms. The lowest BCUT2D eigenvalue weighted by atomic mass is 10.3. The summed E-state index contributed by atoms with van der Waals surface area (Å²) in [5.74, 6) is -1.13. The molecule has 1 amide bonds. The van der Waals surface area contributed by atoms with Crippen molar-refractivity contribution < 1.29 is 17.6 Å². The summed E-state index contributed by atoms with van der Waals surface area (Å²) >= 11 is 2.89. The van der Waals surface area contributed by atoms with Crippen LogP contribution >= 0.6 is 15.9 Å². The zero-order chi connectivity index (χ0) is 15.5. The summed E-state index contributed by atoms with van der Waals surface area (Å²) in [6.07, 6.45) is 0. The molecule has 0 radical (unpaired) electrons. The summed E-state index contributed by atoms with van der Waals surface area (Å²) in [5.41, 5.74) is 5.27. The first-order valence-corrected chi connectivity index (χ1v) is 8.01. The summed E-state index contributed by atoms with van der Waals surface area (Å²) in [5, 5.41) is 2.49. The predicted molar refractivity (Wildman–Crippen MR) is 77.0 cm³/mol. The second-order valence-electron chi connectivity index (χ2n) is 4.04. The van der Waals surface area contributed by atoms with Crippen molar-refractivity contribution in [3.8, 4) is 0 Å². The van der Waals surface area contributed by atoms with Crippen LogP contribution in [0.25, 0.3) is 0 Å². The third-order valence-corrected chi connectivity index (χ3v) is 4.62. The second kappa shape index (κ2) is 6.51. The van der Waals surface area contributed by atoms with Crippen molar-refractivity contribution in [3.63, 3.8) is 0 Å². The molecule has 0 heterocycles. The zero-order valence-corrected chi connectivity index (χ0v) is 13.3. The molecule has 1 atom stereocenters. The lowest BCUT2D eigenvalue weighted by Crippen LogP contribution is -2.44. The van der Waals surface area contributed by atoms with Gasteiger partial charge in [0.1, 0.15) is 10.7 Å². The van der Waals surface area contributed by atoms with Gasteiger partial charge in [0, 0.05) is 6.54 Å². The number of halogens is 2. The van der Waals surface area contributed by atoms with Crippen LogP contribution in [0.1, 0.15) is 13.8 Å². The van der Waals surface area contributed by atoms with Gasteiger partial charge in [0.25, 0.3) is 0 Å². The van der Waals surface area contributed by atoms with Crippen molar-refractivity contribution in [3.05, 3.63) is 22.4 Å². The van der Waals surface area contributed by atoms with E-state index in [0.29, 0.717) is 6.54 Å². The minimum atomic E-state index is -4.03. The van der Waals surface area contributed by atoms with E-state index < -0.39 is 27.8 Å². The van der Waals surface area contributed by atoms with Crippen LogP contribution in [0, 0.1) is 5.82 Å². The van der Waals surface area contributed by atoms with Gasteiger partial charge in [-0.25, -0.2) is 12.8 Å². The van der Waals surface area contributed by atoms with Crippen molar-refractivity contribution in [2.45, 2.75) is 24.8 Å². The van der Waals surface area contributed by atoms with E-state index in [1.54, 1.807) is 6.92 Å². The highest BCUT2D eigenvalue weighted by atomic mass is 79.9.